The molecule has 6 rings (SSSR count). The van der Waals surface area contributed by atoms with Crippen LogP contribution in [0.5, 0.6) is 11.5 Å². The smallest absolute Gasteiger partial charge is 0.253 e. The highest BCUT2D eigenvalue weighted by Gasteiger charge is 2.64. The molecule has 68 heavy (non-hydrogen) atoms. The molecule has 0 bridgehead atoms. The van der Waals surface area contributed by atoms with Gasteiger partial charge >= 0.3 is 0 Å². The zero-order chi connectivity index (χ0) is 49.7. The number of carbonyl (C=O) groups excluding carboxylic acids is 4. The Morgan fingerprint density at radius 3 is 2.28 bits per heavy atom. The molecule has 2 aliphatic heterocycles. The maximum Gasteiger partial charge on any atom is 0.253 e. The maximum absolute atomic E-state index is 14.1. The predicted octanol–water partition coefficient (Wildman–Crippen LogP) is 4.61. The Balaban J connectivity index is 0.931. The van der Waals surface area contributed by atoms with Gasteiger partial charge < -0.3 is 45.1 Å². The number of pyridine rings is 1. The fourth-order valence-electron chi connectivity index (χ4n) is 9.93. The average Bonchev–Trinajstić information content (AvgIpc) is 3.71. The molecule has 18 heteroatoms. The molecule has 4 amide bonds. The van der Waals surface area contributed by atoms with Crippen molar-refractivity contribution >= 4 is 41.0 Å². The summed E-state index contributed by atoms with van der Waals surface area (Å²) in [7, 11) is 1.48. The number of nitrogens with one attached hydrogen (secondary N) is 3. The second-order valence-corrected chi connectivity index (χ2v) is 20.6. The van der Waals surface area contributed by atoms with Crippen molar-refractivity contribution in [2.24, 2.45) is 16.2 Å². The molecule has 1 aromatic heterocycles. The van der Waals surface area contributed by atoms with E-state index >= 15 is 0 Å². The normalized spacial score (nSPS) is 21.8. The molecule has 0 spiro atoms. The van der Waals surface area contributed by atoms with Crippen LogP contribution in [0.2, 0.25) is 5.02 Å². The van der Waals surface area contributed by atoms with Crippen LogP contribution >= 0.6 is 11.6 Å². The highest BCUT2D eigenvalue weighted by Crippen LogP contribution is 2.55. The van der Waals surface area contributed by atoms with E-state index in [1.54, 1.807) is 55.6 Å². The standard InChI is InChI=1S/C50H64ClN9O8/c1-30(36-14-10-31(25-52)22-39(36)66-9)55-44(64)38-23-34(61)28-60(38)45(65)42(48(2,3)4)56-41(62)29-67-21-20-58-16-18-59(19-17-58)40-15-12-33(27-54-40)43(63)57-46-49(5,6)47(50(46,7)8)68-35-13-11-32(26-53)37(51)24-35/h10-15,22,24,27,30,34,38,42,46-47,61H,16-21,23,28-29H2,1-9H3,(H,55,64)(H,56,62)(H,57,63)/t30-,34+,38-,42+,46?,47?/m0/s1. The number of aliphatic hydroxyl groups excluding tert-OH is 1. The Morgan fingerprint density at radius 2 is 1.68 bits per heavy atom. The molecular weight excluding hydrogens is 890 g/mol. The number of hydrogen-bond acceptors (Lipinski definition) is 13. The van der Waals surface area contributed by atoms with E-state index in [1.165, 1.54) is 12.0 Å². The van der Waals surface area contributed by atoms with Crippen molar-refractivity contribution < 1.29 is 38.5 Å². The highest BCUT2D eigenvalue weighted by molar-refractivity contribution is 6.31. The first-order valence-electron chi connectivity index (χ1n) is 22.9. The lowest BCUT2D eigenvalue weighted by atomic mass is 9.49. The summed E-state index contributed by atoms with van der Waals surface area (Å²) < 4.78 is 17.6. The number of nitriles is 2. The molecular formula is C50H64ClN9O8. The van der Waals surface area contributed by atoms with Crippen molar-refractivity contribution in [1.82, 2.24) is 30.7 Å². The quantitative estimate of drug-likeness (QED) is 0.144. The van der Waals surface area contributed by atoms with E-state index in [0.29, 0.717) is 58.4 Å². The molecule has 3 aromatic rings. The third-order valence-corrected chi connectivity index (χ3v) is 13.7. The predicted molar refractivity (Wildman–Crippen MR) is 255 cm³/mol. The monoisotopic (exact) mass is 953 g/mol. The van der Waals surface area contributed by atoms with Crippen molar-refractivity contribution in [2.75, 3.05) is 64.5 Å². The molecule has 3 aliphatic rings. The van der Waals surface area contributed by atoms with Gasteiger partial charge in [-0.25, -0.2) is 4.98 Å². The van der Waals surface area contributed by atoms with Gasteiger partial charge in [0.1, 0.15) is 48.2 Å². The van der Waals surface area contributed by atoms with Gasteiger partial charge in [-0.2, -0.15) is 10.5 Å². The summed E-state index contributed by atoms with van der Waals surface area (Å²) in [5, 5.41) is 38.4. The lowest BCUT2D eigenvalue weighted by Crippen LogP contribution is -2.74. The minimum absolute atomic E-state index is 0.0374. The average molecular weight is 955 g/mol. The molecule has 4 N–H and O–H groups in total. The van der Waals surface area contributed by atoms with E-state index in [2.05, 4.69) is 70.6 Å². The molecule has 2 saturated heterocycles. The lowest BCUT2D eigenvalue weighted by Gasteiger charge is -2.63. The number of β-amino-alcohol motifs (C(OH)–C–C–N with tert-alkyl or cyclic N) is 1. The van der Waals surface area contributed by atoms with Gasteiger partial charge in [0.25, 0.3) is 5.91 Å². The Labute approximate surface area is 404 Å². The van der Waals surface area contributed by atoms with Crippen LogP contribution in [0.1, 0.15) is 94.9 Å². The van der Waals surface area contributed by atoms with Crippen LogP contribution in [-0.4, -0.2) is 133 Å². The van der Waals surface area contributed by atoms with Crippen molar-refractivity contribution in [3.63, 3.8) is 0 Å². The topological polar surface area (TPSA) is 222 Å². The van der Waals surface area contributed by atoms with Crippen molar-refractivity contribution in [3.8, 4) is 23.6 Å². The van der Waals surface area contributed by atoms with E-state index in [-0.39, 0.29) is 44.2 Å². The van der Waals surface area contributed by atoms with Crippen molar-refractivity contribution in [3.05, 3.63) is 82.0 Å². The number of aromatic nitrogens is 1. The van der Waals surface area contributed by atoms with E-state index in [1.807, 2.05) is 26.8 Å². The maximum atomic E-state index is 14.1. The van der Waals surface area contributed by atoms with Gasteiger partial charge in [-0.15, -0.1) is 0 Å². The number of ether oxygens (including phenoxy) is 3. The number of aliphatic hydroxyl groups is 1. The molecule has 4 atom stereocenters. The van der Waals surface area contributed by atoms with Crippen LogP contribution in [0, 0.1) is 38.9 Å². The van der Waals surface area contributed by atoms with Gasteiger partial charge in [-0.3, -0.25) is 24.1 Å². The van der Waals surface area contributed by atoms with Crippen molar-refractivity contribution in [1.29, 1.82) is 10.5 Å². The molecule has 3 heterocycles. The Hall–Kier alpha value is -5.98. The van der Waals surface area contributed by atoms with E-state index in [4.69, 9.17) is 25.8 Å². The number of carbonyl (C=O) groups is 4. The second kappa shape index (κ2) is 21.1. The third kappa shape index (κ3) is 11.5. The second-order valence-electron chi connectivity index (χ2n) is 20.1. The summed E-state index contributed by atoms with van der Waals surface area (Å²) >= 11 is 6.25. The molecule has 3 fully saturated rings. The first-order chi connectivity index (χ1) is 32.1. The van der Waals surface area contributed by atoms with Crippen LogP contribution in [0.3, 0.4) is 0 Å². The number of rotatable bonds is 16. The molecule has 0 unspecified atom stereocenters. The number of likely N-dealkylation sites (tertiary alicyclic amines) is 1. The lowest BCUT2D eigenvalue weighted by molar-refractivity contribution is -0.164. The number of amides is 4. The summed E-state index contributed by atoms with van der Waals surface area (Å²) in [5.74, 6) is 0.140. The number of hydrogen-bond donors (Lipinski definition) is 4. The van der Waals surface area contributed by atoms with Crippen molar-refractivity contribution in [2.45, 2.75) is 98.2 Å². The number of benzene rings is 2. The fourth-order valence-corrected chi connectivity index (χ4v) is 10.1. The van der Waals surface area contributed by atoms with Crippen LogP contribution in [0.15, 0.2) is 54.7 Å². The summed E-state index contributed by atoms with van der Waals surface area (Å²) in [6.45, 7) is 18.9. The molecule has 2 aromatic carbocycles. The summed E-state index contributed by atoms with van der Waals surface area (Å²) in [6.07, 6.45) is 0.486. The van der Waals surface area contributed by atoms with E-state index < -0.39 is 58.2 Å². The summed E-state index contributed by atoms with van der Waals surface area (Å²) in [4.78, 5) is 64.8. The van der Waals surface area contributed by atoms with Crippen LogP contribution in [0.25, 0.3) is 0 Å². The molecule has 364 valence electrons. The largest absolute Gasteiger partial charge is 0.496 e. The summed E-state index contributed by atoms with van der Waals surface area (Å²) in [5.41, 5.74) is 0.349. The number of methoxy groups -OCH3 is 1. The zero-order valence-corrected chi connectivity index (χ0v) is 41.1. The minimum Gasteiger partial charge on any atom is -0.496 e. The summed E-state index contributed by atoms with van der Waals surface area (Å²) in [6, 6.07) is 15.0. The first-order valence-corrected chi connectivity index (χ1v) is 23.3. The van der Waals surface area contributed by atoms with Gasteiger partial charge in [0.15, 0.2) is 0 Å². The Kier molecular flexibility index (Phi) is 16.0. The molecule has 0 radical (unpaired) electrons. The number of piperazine rings is 1. The first kappa shape index (κ1) is 51.4. The molecule has 1 aliphatic carbocycles. The van der Waals surface area contributed by atoms with Gasteiger partial charge in [-0.1, -0.05) is 66.1 Å². The third-order valence-electron chi connectivity index (χ3n) is 13.4. The highest BCUT2D eigenvalue weighted by atomic mass is 35.5. The van der Waals surface area contributed by atoms with Gasteiger partial charge in [0.05, 0.1) is 53.6 Å². The van der Waals surface area contributed by atoms with E-state index in [0.717, 1.165) is 18.9 Å². The molecule has 1 saturated carbocycles. The van der Waals surface area contributed by atoms with Crippen LogP contribution in [-0.2, 0) is 19.1 Å². The Bertz CT molecular complexity index is 2400. The van der Waals surface area contributed by atoms with Gasteiger partial charge in [0.2, 0.25) is 17.7 Å². The number of halogens is 1. The zero-order valence-electron chi connectivity index (χ0n) is 40.4. The van der Waals surface area contributed by atoms with Crippen LogP contribution < -0.4 is 30.3 Å². The fraction of sp³-hybridized carbons (Fsp3) is 0.540. The Morgan fingerprint density at radius 1 is 0.971 bits per heavy atom. The molecule has 17 nitrogen and oxygen atoms in total. The SMILES string of the molecule is COc1cc(C#N)ccc1[C@H](C)NC(=O)[C@@H]1C[C@@H](O)CN1C(=O)[C@@H](NC(=O)COCCN1CCN(c2ccc(C(=O)NC3C(C)(C)C(Oc4ccc(C#N)c(Cl)c4)C3(C)C)cn2)CC1)C(C)(C)C. The number of anilines is 1. The minimum atomic E-state index is -1.00. The number of nitrogens with zero attached hydrogens (tertiary/aromatic N) is 6. The van der Waals surface area contributed by atoms with Crippen LogP contribution in [0.4, 0.5) is 5.82 Å². The van der Waals surface area contributed by atoms with Gasteiger partial charge in [0, 0.05) is 80.4 Å². The van der Waals surface area contributed by atoms with E-state index in [9.17, 15) is 34.8 Å². The van der Waals surface area contributed by atoms with Gasteiger partial charge in [-0.05, 0) is 48.7 Å².